The summed E-state index contributed by atoms with van der Waals surface area (Å²) < 4.78 is 27.8. The molecule has 0 saturated carbocycles. The van der Waals surface area contributed by atoms with Crippen molar-refractivity contribution in [3.8, 4) is 0 Å². The van der Waals surface area contributed by atoms with E-state index >= 15 is 0 Å². The summed E-state index contributed by atoms with van der Waals surface area (Å²) in [7, 11) is -3.59. The number of carbonyl (C=O) groups excluding carboxylic acids is 2. The molecule has 1 N–H and O–H groups in total. The van der Waals surface area contributed by atoms with Gasteiger partial charge in [-0.3, -0.25) is 14.5 Å². The maximum Gasteiger partial charge on any atom is 0.243 e. The number of benzene rings is 2. The number of nitrogens with zero attached hydrogens (tertiary/aromatic N) is 2. The van der Waals surface area contributed by atoms with Gasteiger partial charge in [0.1, 0.15) is 6.04 Å². The van der Waals surface area contributed by atoms with E-state index in [2.05, 4.69) is 5.32 Å². The summed E-state index contributed by atoms with van der Waals surface area (Å²) in [6.45, 7) is 5.19. The number of piperidine rings is 1. The summed E-state index contributed by atoms with van der Waals surface area (Å²) in [5, 5.41) is 2.95. The molecule has 4 rings (SSSR count). The Hall–Kier alpha value is -2.71. The zero-order chi connectivity index (χ0) is 23.6. The fourth-order valence-electron chi connectivity index (χ4n) is 4.66. The van der Waals surface area contributed by atoms with E-state index in [0.717, 1.165) is 30.4 Å². The average molecular weight is 470 g/mol. The smallest absolute Gasteiger partial charge is 0.243 e. The molecular weight excluding hydrogens is 438 g/mol. The Labute approximate surface area is 195 Å². The van der Waals surface area contributed by atoms with Crippen LogP contribution in [0.2, 0.25) is 0 Å². The lowest BCUT2D eigenvalue weighted by atomic mass is 10.1. The van der Waals surface area contributed by atoms with E-state index in [4.69, 9.17) is 0 Å². The third-order valence-corrected chi connectivity index (χ3v) is 8.31. The molecule has 2 aliphatic heterocycles. The third kappa shape index (κ3) is 4.82. The molecule has 176 valence electrons. The number of nitrogens with one attached hydrogen (secondary N) is 1. The molecular formula is C25H31N3O4S. The van der Waals surface area contributed by atoms with Crippen molar-refractivity contribution in [2.75, 3.05) is 18.0 Å². The maximum atomic E-state index is 13.1. The second-order valence-corrected chi connectivity index (χ2v) is 10.7. The molecule has 1 saturated heterocycles. The molecule has 1 fully saturated rings. The molecule has 0 unspecified atom stereocenters. The highest BCUT2D eigenvalue weighted by Crippen LogP contribution is 2.35. The Kier molecular flexibility index (Phi) is 6.86. The lowest BCUT2D eigenvalue weighted by Crippen LogP contribution is -2.47. The van der Waals surface area contributed by atoms with Crippen molar-refractivity contribution in [2.45, 2.75) is 63.4 Å². The molecule has 2 aliphatic rings. The fourth-order valence-corrected chi connectivity index (χ4v) is 6.23. The standard InChI is InChI=1S/C25H31N3O4S/c1-3-24(29)28-22-11-10-21(33(31,32)27-12-5-4-6-13-27)15-20(22)16-23(28)25(30)26-17-19-9-7-8-18(2)14-19/h7-11,14-15,23H,3-6,12-13,16-17H2,1-2H3,(H,26,30)/t23-/m1/s1. The van der Waals surface area contributed by atoms with Crippen molar-refractivity contribution in [3.63, 3.8) is 0 Å². The quantitative estimate of drug-likeness (QED) is 0.704. The van der Waals surface area contributed by atoms with E-state index in [-0.39, 0.29) is 23.1 Å². The van der Waals surface area contributed by atoms with Crippen molar-refractivity contribution in [1.82, 2.24) is 9.62 Å². The molecule has 0 bridgehead atoms. The summed E-state index contributed by atoms with van der Waals surface area (Å²) in [4.78, 5) is 27.6. The highest BCUT2D eigenvalue weighted by Gasteiger charge is 2.38. The van der Waals surface area contributed by atoms with Gasteiger partial charge in [0.15, 0.2) is 0 Å². The molecule has 2 aromatic rings. The summed E-state index contributed by atoms with van der Waals surface area (Å²) in [6, 6.07) is 12.1. The van der Waals surface area contributed by atoms with Gasteiger partial charge < -0.3 is 5.32 Å². The van der Waals surface area contributed by atoms with Gasteiger partial charge in [0.05, 0.1) is 4.90 Å². The van der Waals surface area contributed by atoms with E-state index in [1.807, 2.05) is 31.2 Å². The largest absolute Gasteiger partial charge is 0.350 e. The van der Waals surface area contributed by atoms with E-state index in [1.165, 1.54) is 9.21 Å². The predicted octanol–water partition coefficient (Wildman–Crippen LogP) is 3.15. The Balaban J connectivity index is 1.57. The number of rotatable bonds is 6. The van der Waals surface area contributed by atoms with Crippen LogP contribution in [0, 0.1) is 6.92 Å². The molecule has 7 nitrogen and oxygen atoms in total. The Bertz CT molecular complexity index is 1160. The Morgan fingerprint density at radius 2 is 1.82 bits per heavy atom. The van der Waals surface area contributed by atoms with Crippen LogP contribution in [-0.4, -0.2) is 43.7 Å². The second-order valence-electron chi connectivity index (χ2n) is 8.80. The van der Waals surface area contributed by atoms with Gasteiger partial charge >= 0.3 is 0 Å². The van der Waals surface area contributed by atoms with Crippen molar-refractivity contribution in [2.24, 2.45) is 0 Å². The minimum absolute atomic E-state index is 0.156. The number of hydrogen-bond acceptors (Lipinski definition) is 4. The van der Waals surface area contributed by atoms with Gasteiger partial charge in [-0.1, -0.05) is 43.2 Å². The van der Waals surface area contributed by atoms with Gasteiger partial charge in [-0.25, -0.2) is 8.42 Å². The normalized spacial score (nSPS) is 18.7. The third-order valence-electron chi connectivity index (χ3n) is 6.41. The predicted molar refractivity (Wildman–Crippen MR) is 127 cm³/mol. The molecule has 0 aliphatic carbocycles. The summed E-state index contributed by atoms with van der Waals surface area (Å²) in [5.41, 5.74) is 3.43. The number of sulfonamides is 1. The number of fused-ring (bicyclic) bond motifs is 1. The van der Waals surface area contributed by atoms with E-state index in [9.17, 15) is 18.0 Å². The van der Waals surface area contributed by atoms with Crippen LogP contribution in [0.25, 0.3) is 0 Å². The topological polar surface area (TPSA) is 86.8 Å². The van der Waals surface area contributed by atoms with Crippen LogP contribution < -0.4 is 10.2 Å². The van der Waals surface area contributed by atoms with E-state index in [0.29, 0.717) is 37.3 Å². The van der Waals surface area contributed by atoms with Crippen LogP contribution in [0.3, 0.4) is 0 Å². The van der Waals surface area contributed by atoms with Crippen molar-refractivity contribution in [1.29, 1.82) is 0 Å². The fraction of sp³-hybridized carbons (Fsp3) is 0.440. The van der Waals surface area contributed by atoms with Crippen LogP contribution >= 0.6 is 0 Å². The first-order chi connectivity index (χ1) is 15.8. The molecule has 0 radical (unpaired) electrons. The van der Waals surface area contributed by atoms with Crippen LogP contribution in [0.15, 0.2) is 47.4 Å². The second kappa shape index (κ2) is 9.65. The molecule has 33 heavy (non-hydrogen) atoms. The van der Waals surface area contributed by atoms with E-state index < -0.39 is 16.1 Å². The summed E-state index contributed by atoms with van der Waals surface area (Å²) >= 11 is 0. The van der Waals surface area contributed by atoms with Crippen molar-refractivity contribution in [3.05, 3.63) is 59.2 Å². The minimum Gasteiger partial charge on any atom is -0.350 e. The van der Waals surface area contributed by atoms with Gasteiger partial charge in [0.2, 0.25) is 21.8 Å². The number of amides is 2. The van der Waals surface area contributed by atoms with Crippen molar-refractivity contribution < 1.29 is 18.0 Å². The first-order valence-electron chi connectivity index (χ1n) is 11.6. The molecule has 0 aromatic heterocycles. The SMILES string of the molecule is CCC(=O)N1c2ccc(S(=O)(=O)N3CCCCC3)cc2C[C@@H]1C(=O)NCc1cccc(C)c1. The number of aryl methyl sites for hydroxylation is 1. The minimum atomic E-state index is -3.59. The highest BCUT2D eigenvalue weighted by molar-refractivity contribution is 7.89. The van der Waals surface area contributed by atoms with Crippen LogP contribution in [-0.2, 0) is 32.6 Å². The summed E-state index contributed by atoms with van der Waals surface area (Å²) in [5.74, 6) is -0.397. The van der Waals surface area contributed by atoms with Gasteiger partial charge in [-0.2, -0.15) is 4.31 Å². The first kappa shape index (κ1) is 23.4. The zero-order valence-electron chi connectivity index (χ0n) is 19.2. The molecule has 2 aromatic carbocycles. The van der Waals surface area contributed by atoms with Gasteiger partial charge in [-0.05, 0) is 49.1 Å². The number of anilines is 1. The van der Waals surface area contributed by atoms with Gasteiger partial charge in [0, 0.05) is 38.2 Å². The van der Waals surface area contributed by atoms with Crippen LogP contribution in [0.1, 0.15) is 49.3 Å². The molecule has 2 heterocycles. The number of hydrogen-bond donors (Lipinski definition) is 1. The first-order valence-corrected chi connectivity index (χ1v) is 13.0. The Morgan fingerprint density at radius 3 is 2.52 bits per heavy atom. The summed E-state index contributed by atoms with van der Waals surface area (Å²) in [6.07, 6.45) is 3.33. The lowest BCUT2D eigenvalue weighted by Gasteiger charge is -2.26. The molecule has 0 spiro atoms. The van der Waals surface area contributed by atoms with Crippen LogP contribution in [0.4, 0.5) is 5.69 Å². The highest BCUT2D eigenvalue weighted by atomic mass is 32.2. The Morgan fingerprint density at radius 1 is 1.06 bits per heavy atom. The van der Waals surface area contributed by atoms with Gasteiger partial charge in [-0.15, -0.1) is 0 Å². The number of carbonyl (C=O) groups is 2. The maximum absolute atomic E-state index is 13.1. The monoisotopic (exact) mass is 469 g/mol. The molecule has 2 amide bonds. The molecule has 1 atom stereocenters. The molecule has 8 heteroatoms. The van der Waals surface area contributed by atoms with Gasteiger partial charge in [0.25, 0.3) is 0 Å². The lowest BCUT2D eigenvalue weighted by molar-refractivity contribution is -0.126. The van der Waals surface area contributed by atoms with E-state index in [1.54, 1.807) is 25.1 Å². The average Bonchev–Trinajstić information content (AvgIpc) is 3.21. The zero-order valence-corrected chi connectivity index (χ0v) is 20.0. The van der Waals surface area contributed by atoms with Crippen molar-refractivity contribution >= 4 is 27.5 Å². The van der Waals surface area contributed by atoms with Crippen LogP contribution in [0.5, 0.6) is 0 Å².